The van der Waals surface area contributed by atoms with Crippen molar-refractivity contribution in [2.75, 3.05) is 0 Å². The molecule has 1 fully saturated rings. The summed E-state index contributed by atoms with van der Waals surface area (Å²) in [6, 6.07) is 4.38. The predicted molar refractivity (Wildman–Crippen MR) is 82.5 cm³/mol. The van der Waals surface area contributed by atoms with Crippen molar-refractivity contribution < 1.29 is 4.74 Å². The van der Waals surface area contributed by atoms with Crippen LogP contribution in [0.15, 0.2) is 12.1 Å². The van der Waals surface area contributed by atoms with Crippen LogP contribution < -0.4 is 5.73 Å². The standard InChI is InChI=1S/C16H27NOS/c1-10-5-7-14(9-11(10)2)18-16(13(4)17)15-8-6-12(3)19-15/h6,8,10-11,13-14,16H,5,7,9,17H2,1-4H3. The van der Waals surface area contributed by atoms with E-state index >= 15 is 0 Å². The molecule has 1 saturated carbocycles. The highest BCUT2D eigenvalue weighted by atomic mass is 32.1. The molecule has 3 heteroatoms. The molecule has 0 saturated heterocycles. The fraction of sp³-hybridized carbons (Fsp3) is 0.750. The van der Waals surface area contributed by atoms with E-state index in [1.54, 1.807) is 0 Å². The van der Waals surface area contributed by atoms with Crippen LogP contribution in [0.1, 0.15) is 55.9 Å². The van der Waals surface area contributed by atoms with Crippen LogP contribution in [-0.2, 0) is 4.74 Å². The smallest absolute Gasteiger partial charge is 0.107 e. The zero-order valence-electron chi connectivity index (χ0n) is 12.6. The minimum absolute atomic E-state index is 0.0488. The zero-order chi connectivity index (χ0) is 14.0. The lowest BCUT2D eigenvalue weighted by Crippen LogP contribution is -2.33. The molecule has 0 amide bonds. The second kappa shape index (κ2) is 6.38. The number of thiophene rings is 1. The van der Waals surface area contributed by atoms with Gasteiger partial charge in [0.25, 0.3) is 0 Å². The summed E-state index contributed by atoms with van der Waals surface area (Å²) < 4.78 is 6.36. The maximum Gasteiger partial charge on any atom is 0.107 e. The van der Waals surface area contributed by atoms with Crippen molar-refractivity contribution in [1.29, 1.82) is 0 Å². The minimum atomic E-state index is 0.0488. The van der Waals surface area contributed by atoms with Gasteiger partial charge in [0.15, 0.2) is 0 Å². The van der Waals surface area contributed by atoms with Crippen molar-refractivity contribution in [2.24, 2.45) is 17.6 Å². The molecule has 1 aromatic heterocycles. The van der Waals surface area contributed by atoms with E-state index in [1.165, 1.54) is 29.0 Å². The summed E-state index contributed by atoms with van der Waals surface area (Å²) in [5.41, 5.74) is 6.14. The van der Waals surface area contributed by atoms with Crippen molar-refractivity contribution in [3.8, 4) is 0 Å². The molecule has 0 spiro atoms. The van der Waals surface area contributed by atoms with Gasteiger partial charge in [-0.2, -0.15) is 0 Å². The minimum Gasteiger partial charge on any atom is -0.368 e. The first-order chi connectivity index (χ1) is 8.97. The summed E-state index contributed by atoms with van der Waals surface area (Å²) >= 11 is 1.81. The average Bonchev–Trinajstić information content (AvgIpc) is 2.76. The fourth-order valence-electron chi connectivity index (χ4n) is 2.89. The van der Waals surface area contributed by atoms with Crippen LogP contribution >= 0.6 is 11.3 Å². The number of hydrogen-bond acceptors (Lipinski definition) is 3. The Labute approximate surface area is 121 Å². The van der Waals surface area contributed by atoms with Gasteiger partial charge in [0, 0.05) is 15.8 Å². The maximum atomic E-state index is 6.36. The average molecular weight is 281 g/mol. The van der Waals surface area contributed by atoms with Crippen LogP contribution in [0.4, 0.5) is 0 Å². The van der Waals surface area contributed by atoms with Gasteiger partial charge in [-0.05, 0) is 57.1 Å². The fourth-order valence-corrected chi connectivity index (χ4v) is 3.92. The van der Waals surface area contributed by atoms with Gasteiger partial charge in [-0.1, -0.05) is 13.8 Å². The monoisotopic (exact) mass is 281 g/mol. The lowest BCUT2D eigenvalue weighted by molar-refractivity contribution is -0.0553. The van der Waals surface area contributed by atoms with Crippen molar-refractivity contribution in [3.63, 3.8) is 0 Å². The van der Waals surface area contributed by atoms with E-state index < -0.39 is 0 Å². The third-order valence-electron chi connectivity index (χ3n) is 4.41. The Morgan fingerprint density at radius 2 is 2.00 bits per heavy atom. The zero-order valence-corrected chi connectivity index (χ0v) is 13.4. The molecule has 1 heterocycles. The highest BCUT2D eigenvalue weighted by Gasteiger charge is 2.29. The van der Waals surface area contributed by atoms with Crippen LogP contribution in [0, 0.1) is 18.8 Å². The molecule has 5 unspecified atom stereocenters. The third-order valence-corrected chi connectivity index (χ3v) is 5.47. The quantitative estimate of drug-likeness (QED) is 0.893. The van der Waals surface area contributed by atoms with Gasteiger partial charge >= 0.3 is 0 Å². The van der Waals surface area contributed by atoms with E-state index in [2.05, 4.69) is 39.8 Å². The van der Waals surface area contributed by atoms with Gasteiger partial charge in [0.05, 0.1) is 6.10 Å². The Hall–Kier alpha value is -0.380. The first-order valence-electron chi connectivity index (χ1n) is 7.44. The van der Waals surface area contributed by atoms with Crippen molar-refractivity contribution >= 4 is 11.3 Å². The van der Waals surface area contributed by atoms with Crippen LogP contribution in [-0.4, -0.2) is 12.1 Å². The van der Waals surface area contributed by atoms with Gasteiger partial charge in [0.2, 0.25) is 0 Å². The Morgan fingerprint density at radius 1 is 1.26 bits per heavy atom. The third kappa shape index (κ3) is 3.80. The normalized spacial score (nSPS) is 31.1. The van der Waals surface area contributed by atoms with Gasteiger partial charge in [0.1, 0.15) is 6.10 Å². The molecular formula is C16H27NOS. The van der Waals surface area contributed by atoms with Crippen LogP contribution in [0.25, 0.3) is 0 Å². The Balaban J connectivity index is 2.01. The lowest BCUT2D eigenvalue weighted by Gasteiger charge is -2.35. The van der Waals surface area contributed by atoms with E-state index in [4.69, 9.17) is 10.5 Å². The van der Waals surface area contributed by atoms with Crippen molar-refractivity contribution in [3.05, 3.63) is 21.9 Å². The molecule has 0 bridgehead atoms. The van der Waals surface area contributed by atoms with Gasteiger partial charge in [-0.15, -0.1) is 11.3 Å². The first kappa shape index (κ1) is 15.0. The molecule has 2 N–H and O–H groups in total. The predicted octanol–water partition coefficient (Wildman–Crippen LogP) is 4.29. The molecule has 0 radical (unpaired) electrons. The molecule has 1 aliphatic rings. The molecule has 0 aliphatic heterocycles. The highest BCUT2D eigenvalue weighted by Crippen LogP contribution is 2.35. The van der Waals surface area contributed by atoms with Crippen LogP contribution in [0.2, 0.25) is 0 Å². The number of rotatable bonds is 4. The van der Waals surface area contributed by atoms with Gasteiger partial charge in [-0.25, -0.2) is 0 Å². The van der Waals surface area contributed by atoms with Crippen molar-refractivity contribution in [2.45, 2.75) is 65.2 Å². The summed E-state index contributed by atoms with van der Waals surface area (Å²) in [4.78, 5) is 2.61. The van der Waals surface area contributed by atoms with Gasteiger partial charge < -0.3 is 10.5 Å². The molecule has 5 atom stereocenters. The topological polar surface area (TPSA) is 35.2 Å². The number of ether oxygens (including phenoxy) is 1. The Bertz CT molecular complexity index is 401. The number of aryl methyl sites for hydroxylation is 1. The van der Waals surface area contributed by atoms with Crippen LogP contribution in [0.3, 0.4) is 0 Å². The van der Waals surface area contributed by atoms with E-state index in [-0.39, 0.29) is 12.1 Å². The largest absolute Gasteiger partial charge is 0.368 e. The molecule has 1 aromatic rings. The summed E-state index contributed by atoms with van der Waals surface area (Å²) in [7, 11) is 0. The highest BCUT2D eigenvalue weighted by molar-refractivity contribution is 7.12. The summed E-state index contributed by atoms with van der Waals surface area (Å²) in [5.74, 6) is 1.59. The second-order valence-corrected chi connectivity index (χ2v) is 7.57. The molecule has 1 aliphatic carbocycles. The van der Waals surface area contributed by atoms with E-state index in [9.17, 15) is 0 Å². The SMILES string of the molecule is Cc1ccc(C(OC2CCC(C)C(C)C2)C(C)N)s1. The molecule has 108 valence electrons. The molecule has 2 rings (SSSR count). The number of nitrogens with two attached hydrogens (primary N) is 1. The maximum absolute atomic E-state index is 6.36. The molecular weight excluding hydrogens is 254 g/mol. The first-order valence-corrected chi connectivity index (χ1v) is 8.26. The molecule has 2 nitrogen and oxygen atoms in total. The Morgan fingerprint density at radius 3 is 2.53 bits per heavy atom. The van der Waals surface area contributed by atoms with E-state index in [1.807, 2.05) is 11.3 Å². The number of hydrogen-bond donors (Lipinski definition) is 1. The van der Waals surface area contributed by atoms with Crippen molar-refractivity contribution in [1.82, 2.24) is 0 Å². The lowest BCUT2D eigenvalue weighted by atomic mass is 9.80. The van der Waals surface area contributed by atoms with E-state index in [0.29, 0.717) is 6.10 Å². The molecule has 19 heavy (non-hydrogen) atoms. The summed E-state index contributed by atoms with van der Waals surface area (Å²) in [6.45, 7) is 8.88. The second-order valence-electron chi connectivity index (χ2n) is 6.25. The van der Waals surface area contributed by atoms with Crippen LogP contribution in [0.5, 0.6) is 0 Å². The summed E-state index contributed by atoms with van der Waals surface area (Å²) in [6.07, 6.45) is 4.07. The Kier molecular flexibility index (Phi) is 5.04. The van der Waals surface area contributed by atoms with Gasteiger partial charge in [-0.3, -0.25) is 0 Å². The molecule has 0 aromatic carbocycles. The van der Waals surface area contributed by atoms with E-state index in [0.717, 1.165) is 11.8 Å². The summed E-state index contributed by atoms with van der Waals surface area (Å²) in [5, 5.41) is 0.